The molecule has 0 amide bonds. The Hall–Kier alpha value is -0.582. The summed E-state index contributed by atoms with van der Waals surface area (Å²) in [5.41, 5.74) is 3.20. The van der Waals surface area contributed by atoms with E-state index in [2.05, 4.69) is 107 Å². The maximum Gasteiger partial charge on any atom is -1.00 e. The van der Waals surface area contributed by atoms with E-state index >= 15 is 0 Å². The molecule has 44 heteroatoms. The van der Waals surface area contributed by atoms with E-state index in [1.54, 1.807) is 87.2 Å². The molecule has 8 saturated heterocycles. The number of nitrogen functional groups attached to an aromatic ring is 1. The van der Waals surface area contributed by atoms with Gasteiger partial charge in [-0.2, -0.15) is 15.1 Å². The van der Waals surface area contributed by atoms with Crippen molar-refractivity contribution in [1.82, 2.24) is 92.8 Å². The minimum atomic E-state index is -0.788. The van der Waals surface area contributed by atoms with Crippen molar-refractivity contribution in [3.05, 3.63) is 197 Å². The number of fused-ring (bicyclic) bond motifs is 8. The third kappa shape index (κ3) is 19.7. The number of aryl methyl sites for hydroxylation is 4. The van der Waals surface area contributed by atoms with Crippen molar-refractivity contribution in [2.45, 2.75) is 201 Å². The third-order valence-corrected chi connectivity index (χ3v) is 384. The molecule has 8 aliphatic heterocycles. The van der Waals surface area contributed by atoms with Gasteiger partial charge in [0.25, 0.3) is 11.1 Å². The van der Waals surface area contributed by atoms with Gasteiger partial charge in [0.05, 0.1) is 36.4 Å². The number of aliphatic hydroxyl groups is 2. The number of H-pyrrole nitrogens is 2. The van der Waals surface area contributed by atoms with Crippen molar-refractivity contribution in [2.24, 2.45) is 11.8 Å². The number of aliphatic hydroxyl groups excluding tert-OH is 2. The summed E-state index contributed by atoms with van der Waals surface area (Å²) < 4.78 is 32.5. The number of nitrogens with zero attached hydrogens (tertiary/aromatic N) is 21. The third-order valence-electron chi connectivity index (χ3n) is 23.6. The molecule has 0 aliphatic carbocycles. The van der Waals surface area contributed by atoms with Gasteiger partial charge in [0.15, 0.2) is 30.7 Å². The largest absolute Gasteiger partial charge is 1.00 e. The van der Waals surface area contributed by atoms with Crippen LogP contribution in [0.1, 0.15) is 140 Å². The van der Waals surface area contributed by atoms with E-state index in [9.17, 15) is 39.0 Å². The summed E-state index contributed by atoms with van der Waals surface area (Å²) in [5.74, 6) is 4.14. The number of rotatable bonds is 18. The summed E-state index contributed by atoms with van der Waals surface area (Å²) in [5, 5.41) is 25.8. The smallest absolute Gasteiger partial charge is 1.00 e. The number of anilines is 5. The number of nitrogens with two attached hydrogens (primary N) is 1. The fourth-order valence-corrected chi connectivity index (χ4v) is 859. The van der Waals surface area contributed by atoms with Crippen LogP contribution in [0.25, 0.3) is 5.82 Å². The van der Waals surface area contributed by atoms with Crippen LogP contribution in [-0.2, 0) is 18.9 Å². The summed E-state index contributed by atoms with van der Waals surface area (Å²) in [7, 11) is 0. The zero-order valence-corrected chi connectivity index (χ0v) is 82.2. The number of ether oxygens (including phenoxy) is 4. The van der Waals surface area contributed by atoms with Gasteiger partial charge in [0.1, 0.15) is 103 Å². The van der Waals surface area contributed by atoms with Crippen molar-refractivity contribution >= 4 is 166 Å². The summed E-state index contributed by atoms with van der Waals surface area (Å²) in [6.45, 7) is 21.9. The molecule has 8 bridgehead atoms. The first-order valence-corrected chi connectivity index (χ1v) is 94.1. The zero-order valence-electron chi connectivity index (χ0n) is 66.6. The maximum absolute atomic E-state index is 13.0. The van der Waals surface area contributed by atoms with Crippen LogP contribution in [0.2, 0.25) is 0 Å². The quantitative estimate of drug-likeness (QED) is 0.0575. The maximum atomic E-state index is 13.0. The number of aromatic amines is 2. The van der Waals surface area contributed by atoms with E-state index in [0.717, 1.165) is 43.1 Å². The topological polar surface area (TPSA) is 430 Å². The number of morpholine rings is 4. The number of hydrogen-bond donors (Lipinski definition) is 5. The van der Waals surface area contributed by atoms with Gasteiger partial charge in [0, 0.05) is 96.8 Å². The normalized spacial score (nSPS) is 27.5. The zero-order chi connectivity index (χ0) is 79.7. The summed E-state index contributed by atoms with van der Waals surface area (Å²) in [4.78, 5) is 132. The molecule has 0 spiro atoms. The second kappa shape index (κ2) is 42.1. The monoisotopic (exact) mass is 1800 g/mol. The van der Waals surface area contributed by atoms with Crippen LogP contribution in [0, 0.1) is 39.5 Å². The predicted molar refractivity (Wildman–Crippen MR) is 442 cm³/mol. The molecular formula is C71H96Ca8N24O12. The molecule has 0 radical (unpaired) electrons. The molecule has 17 rings (SSSR count). The Balaban J connectivity index is 0.000000186. The minimum Gasteiger partial charge on any atom is -1.00 e. The average molecular weight is 1800 g/mol. The second-order valence-electron chi connectivity index (χ2n) is 29.8. The van der Waals surface area contributed by atoms with Crippen molar-refractivity contribution in [2.75, 3.05) is 51.5 Å². The van der Waals surface area contributed by atoms with Crippen molar-refractivity contribution in [3.63, 3.8) is 0 Å². The van der Waals surface area contributed by atoms with Gasteiger partial charge < -0.3 is 57.3 Å². The van der Waals surface area contributed by atoms with Crippen LogP contribution in [0.5, 0.6) is 0 Å². The molecule has 0 aromatic carbocycles. The first-order chi connectivity index (χ1) is 53.8. The fraction of sp³-hybridized carbons (Fsp3) is 0.521. The SMILES string of the molecule is C.C.C.CC[C@@]12CN(c3ccncn3)[C@@H]([C@H](n3cc(C)c(-n4cncn4)nc3=O)O1)[C@@H]2C.CC[C@@]12CN(c3ccncn3)[C@@H]([C@H](n3cc(C)c(=O)[nH]c3=O)O1)[C@@H]2C.CC[C@@]12CN(c3ccncn3)[C@@H]([C@H](n3cc(C)c(=O)[nH]c3=O)O1)[C@@H]2O.CC[C@@]12CN(c3ccncn3)[C@@H]([C@H](n3cc(C)c(N)nc3=O)O1)[C@@H]2O.[Ca+][Ca][Ca][Ca][Ca][Ca][Ca][Ca+].[H-].[H-]. The van der Waals surface area contributed by atoms with Gasteiger partial charge in [-0.1, -0.05) is 63.8 Å². The Morgan fingerprint density at radius 1 is 0.478 bits per heavy atom. The molecule has 9 aromatic rings. The molecule has 8 aliphatic rings. The van der Waals surface area contributed by atoms with Crippen molar-refractivity contribution < 1.29 is 32.0 Å². The summed E-state index contributed by atoms with van der Waals surface area (Å²) in [6, 6.07) is 6.30. The van der Waals surface area contributed by atoms with Gasteiger partial charge >= 0.3 is 160 Å². The van der Waals surface area contributed by atoms with E-state index in [0.29, 0.717) is 145 Å². The van der Waals surface area contributed by atoms with E-state index in [4.69, 9.17) is 24.7 Å². The standard InChI is InChI=1S/C19H22N8O2.C17H21N5O3.C16H20N6O3.C16H19N5O4.3CH4.8Ca.2H/c1-4-19-8-26(14-5-6-20-9-22-14)15(13(19)3)17(29-19)25-7-12(2)16(24-18(25)28)27-11-21-10-23-27;1-4-17-8-22(12-5-6-18-9-19-12)13(11(17)3)15(25-17)21-7-10(2)14(23)20-16(21)24;1-3-16-7-22(10-4-5-18-8-19-10)11(12(16)23)14(25-16)21-6-9(2)13(17)20-15(21)24;1-3-16-7-21(10-4-5-17-8-18-10)11(12(16)22)14(25-16)20-6-9(2)13(23)19-15(20)24;;;;;;;;;;;;;/h5-7,9-11,13,15,17H,4,8H2,1-3H3;5-7,9,11,13,15H,4,8H2,1-3H3,(H,20,23,24);4-6,8,11-12,14,23H,3,7H2,1-2H3,(H2,17,20,24);4-6,8,11-12,14,22H,3,7H2,1-2H3,(H,19,23,24);3*1H4;;;;;;;;;;/q;;;;;;;;;;;;;2*+1;2*-1/t13-,15+,17+,19-;11-,13+,15+,17-;2*11-,12+,14-,16+;;;;;;;;;;;;;/m0011............./s1. The van der Waals surface area contributed by atoms with Crippen LogP contribution in [0.4, 0.5) is 29.1 Å². The molecule has 9 aromatic heterocycles. The van der Waals surface area contributed by atoms with E-state index < -0.39 is 83.0 Å². The molecule has 36 nitrogen and oxygen atoms in total. The van der Waals surface area contributed by atoms with Crippen molar-refractivity contribution in [3.8, 4) is 5.82 Å². The molecule has 8 fully saturated rings. The molecule has 16 atom stereocenters. The van der Waals surface area contributed by atoms with Crippen LogP contribution in [0.15, 0.2) is 141 Å². The molecule has 0 saturated carbocycles. The molecule has 588 valence electrons. The Morgan fingerprint density at radius 2 is 0.817 bits per heavy atom. The fourth-order valence-electron chi connectivity index (χ4n) is 17.1. The molecule has 0 unspecified atom stereocenters. The van der Waals surface area contributed by atoms with Crippen LogP contribution in [0.3, 0.4) is 0 Å². The number of aromatic nitrogens is 19. The Bertz CT molecular complexity index is 5020. The van der Waals surface area contributed by atoms with E-state index in [-0.39, 0.29) is 77.3 Å². The number of hydrogen-bond acceptors (Lipinski definition) is 29. The van der Waals surface area contributed by atoms with Gasteiger partial charge in [-0.3, -0.25) is 37.8 Å². The van der Waals surface area contributed by atoms with Gasteiger partial charge in [-0.05, 0) is 77.6 Å². The van der Waals surface area contributed by atoms with Crippen molar-refractivity contribution in [1.29, 1.82) is 0 Å². The molecule has 115 heavy (non-hydrogen) atoms. The van der Waals surface area contributed by atoms with Gasteiger partial charge in [-0.15, -0.1) is 0 Å². The Labute approximate surface area is 742 Å². The Kier molecular flexibility index (Phi) is 35.4. The van der Waals surface area contributed by atoms with Crippen LogP contribution in [-0.4, -0.2) is 325 Å². The minimum absolute atomic E-state index is 0. The van der Waals surface area contributed by atoms with E-state index in [1.807, 2.05) is 94.6 Å². The van der Waals surface area contributed by atoms with Crippen LogP contribution >= 0.6 is 0 Å². The summed E-state index contributed by atoms with van der Waals surface area (Å²) in [6.07, 6.45) is 21.2. The molecular weight excluding hydrogens is 1700 g/mol. The Morgan fingerprint density at radius 3 is 1.17 bits per heavy atom. The molecule has 6 N–H and O–H groups in total. The first-order valence-electron chi connectivity index (χ1n) is 38.1. The predicted octanol–water partition coefficient (Wildman–Crippen LogP) is 0.463. The van der Waals surface area contributed by atoms with Gasteiger partial charge in [0.2, 0.25) is 0 Å². The summed E-state index contributed by atoms with van der Waals surface area (Å²) >= 11 is 7.50. The van der Waals surface area contributed by atoms with Gasteiger partial charge in [-0.25, -0.2) is 68.7 Å². The van der Waals surface area contributed by atoms with E-state index in [1.165, 1.54) is 56.2 Å². The number of nitrogens with one attached hydrogen (secondary N) is 2. The first kappa shape index (κ1) is 96.6. The second-order valence-corrected chi connectivity index (χ2v) is 176. The average Bonchev–Trinajstić information content (AvgIpc) is 1.58. The van der Waals surface area contributed by atoms with Crippen LogP contribution < -0.4 is 59.2 Å². The molecule has 17 heterocycles.